The molecule has 0 saturated heterocycles. The van der Waals surface area contributed by atoms with Crippen molar-refractivity contribution in [2.24, 2.45) is 0 Å². The van der Waals surface area contributed by atoms with E-state index in [1.807, 2.05) is 24.3 Å². The average Bonchev–Trinajstić information content (AvgIpc) is 3.32. The Morgan fingerprint density at radius 3 is 2.25 bits per heavy atom. The number of amides is 1. The molecule has 3 aromatic rings. The third-order valence-electron chi connectivity index (χ3n) is 4.98. The van der Waals surface area contributed by atoms with Gasteiger partial charge in [0.15, 0.2) is 0 Å². The van der Waals surface area contributed by atoms with Gasteiger partial charge in [-0.05, 0) is 58.8 Å². The number of thiophene rings is 1. The fraction of sp³-hybridized carbons (Fsp3) is 0.292. The number of carbonyl (C=O) groups is 1. The lowest BCUT2D eigenvalue weighted by molar-refractivity contribution is 0.0947. The highest BCUT2D eigenvalue weighted by molar-refractivity contribution is 7.94. The molecule has 170 valence electrons. The Hall–Kier alpha value is -2.84. The quantitative estimate of drug-likeness (QED) is 0.483. The molecule has 1 N–H and O–H groups in total. The molecular formula is C24H28N2O4S2. The van der Waals surface area contributed by atoms with Crippen molar-refractivity contribution in [1.82, 2.24) is 5.32 Å². The molecule has 6 nitrogen and oxygen atoms in total. The van der Waals surface area contributed by atoms with Crippen molar-refractivity contribution in [3.05, 3.63) is 77.2 Å². The normalized spacial score (nSPS) is 11.8. The van der Waals surface area contributed by atoms with Gasteiger partial charge in [-0.3, -0.25) is 9.10 Å². The summed E-state index contributed by atoms with van der Waals surface area (Å²) in [7, 11) is -2.11. The van der Waals surface area contributed by atoms with Gasteiger partial charge in [0.05, 0.1) is 12.2 Å². The highest BCUT2D eigenvalue weighted by atomic mass is 32.2. The van der Waals surface area contributed by atoms with E-state index in [1.54, 1.807) is 41.8 Å². The Morgan fingerprint density at radius 1 is 1.03 bits per heavy atom. The number of rotatable bonds is 8. The summed E-state index contributed by atoms with van der Waals surface area (Å²) in [4.78, 5) is 12.4. The summed E-state index contributed by atoms with van der Waals surface area (Å²) in [5.74, 6) is 0.513. The van der Waals surface area contributed by atoms with Crippen LogP contribution in [0.15, 0.2) is 70.3 Å². The minimum Gasteiger partial charge on any atom is -0.492 e. The molecule has 0 aliphatic heterocycles. The van der Waals surface area contributed by atoms with Crippen molar-refractivity contribution in [2.45, 2.75) is 30.4 Å². The van der Waals surface area contributed by atoms with Gasteiger partial charge in [0.1, 0.15) is 16.6 Å². The van der Waals surface area contributed by atoms with E-state index in [0.717, 1.165) is 5.75 Å². The van der Waals surface area contributed by atoms with Crippen molar-refractivity contribution in [1.29, 1.82) is 0 Å². The third kappa shape index (κ3) is 5.69. The molecule has 0 bridgehead atoms. The molecule has 32 heavy (non-hydrogen) atoms. The predicted molar refractivity (Wildman–Crippen MR) is 129 cm³/mol. The summed E-state index contributed by atoms with van der Waals surface area (Å²) < 4.78 is 32.4. The third-order valence-corrected chi connectivity index (χ3v) is 8.14. The van der Waals surface area contributed by atoms with Crippen LogP contribution in [0.5, 0.6) is 5.75 Å². The molecule has 1 heterocycles. The molecule has 0 aliphatic carbocycles. The van der Waals surface area contributed by atoms with E-state index in [2.05, 4.69) is 26.1 Å². The second kappa shape index (κ2) is 9.75. The monoisotopic (exact) mass is 472 g/mol. The Labute approximate surface area is 193 Å². The van der Waals surface area contributed by atoms with Crippen LogP contribution in [0.1, 0.15) is 36.7 Å². The number of nitrogens with zero attached hydrogens (tertiary/aromatic N) is 1. The first-order valence-electron chi connectivity index (χ1n) is 10.2. The number of anilines is 1. The SMILES string of the molecule is CN(c1ccc(C(=O)NCCOc2ccc(C(C)(C)C)cc2)cc1)S(=O)(=O)c1cccs1. The first-order valence-corrected chi connectivity index (χ1v) is 12.5. The van der Waals surface area contributed by atoms with E-state index in [4.69, 9.17) is 4.74 Å². The Morgan fingerprint density at radius 2 is 1.69 bits per heavy atom. The Balaban J connectivity index is 1.51. The number of hydrogen-bond donors (Lipinski definition) is 1. The van der Waals surface area contributed by atoms with E-state index in [-0.39, 0.29) is 15.5 Å². The smallest absolute Gasteiger partial charge is 0.273 e. The molecule has 0 fully saturated rings. The van der Waals surface area contributed by atoms with Crippen LogP contribution in [0.2, 0.25) is 0 Å². The van der Waals surface area contributed by atoms with E-state index in [0.29, 0.717) is 24.4 Å². The van der Waals surface area contributed by atoms with Crippen LogP contribution in [-0.4, -0.2) is 34.5 Å². The first-order chi connectivity index (χ1) is 15.1. The van der Waals surface area contributed by atoms with Crippen LogP contribution in [-0.2, 0) is 15.4 Å². The van der Waals surface area contributed by atoms with Gasteiger partial charge >= 0.3 is 0 Å². The highest BCUT2D eigenvalue weighted by Crippen LogP contribution is 2.26. The minimum atomic E-state index is -3.60. The summed E-state index contributed by atoms with van der Waals surface area (Å²) in [6.45, 7) is 7.18. The summed E-state index contributed by atoms with van der Waals surface area (Å²) in [5.41, 5.74) is 2.25. The fourth-order valence-electron chi connectivity index (χ4n) is 2.99. The molecule has 8 heteroatoms. The van der Waals surface area contributed by atoms with Crippen LogP contribution in [0.4, 0.5) is 5.69 Å². The molecule has 1 aromatic heterocycles. The van der Waals surface area contributed by atoms with Crippen LogP contribution in [0.25, 0.3) is 0 Å². The zero-order chi connectivity index (χ0) is 23.4. The summed E-state index contributed by atoms with van der Waals surface area (Å²) in [6, 6.07) is 17.7. The predicted octanol–water partition coefficient (Wildman–Crippen LogP) is 4.68. The van der Waals surface area contributed by atoms with Gasteiger partial charge in [-0.1, -0.05) is 39.0 Å². The van der Waals surface area contributed by atoms with Gasteiger partial charge < -0.3 is 10.1 Å². The largest absolute Gasteiger partial charge is 0.492 e. The van der Waals surface area contributed by atoms with Crippen LogP contribution in [0.3, 0.4) is 0 Å². The number of sulfonamides is 1. The van der Waals surface area contributed by atoms with Gasteiger partial charge in [-0.15, -0.1) is 11.3 Å². The highest BCUT2D eigenvalue weighted by Gasteiger charge is 2.22. The van der Waals surface area contributed by atoms with Crippen LogP contribution < -0.4 is 14.4 Å². The summed E-state index contributed by atoms with van der Waals surface area (Å²) in [6.07, 6.45) is 0. The first kappa shape index (κ1) is 23.8. The number of carbonyl (C=O) groups excluding carboxylic acids is 1. The number of benzene rings is 2. The lowest BCUT2D eigenvalue weighted by atomic mass is 9.87. The molecule has 0 unspecified atom stereocenters. The van der Waals surface area contributed by atoms with E-state index >= 15 is 0 Å². The van der Waals surface area contributed by atoms with E-state index < -0.39 is 10.0 Å². The van der Waals surface area contributed by atoms with Gasteiger partial charge in [0.2, 0.25) is 0 Å². The van der Waals surface area contributed by atoms with Gasteiger partial charge in [-0.25, -0.2) is 8.42 Å². The molecular weight excluding hydrogens is 444 g/mol. The topological polar surface area (TPSA) is 75.7 Å². The maximum Gasteiger partial charge on any atom is 0.273 e. The Kier molecular flexibility index (Phi) is 7.26. The summed E-state index contributed by atoms with van der Waals surface area (Å²) in [5, 5.41) is 4.53. The maximum atomic E-state index is 12.6. The molecule has 0 spiro atoms. The van der Waals surface area contributed by atoms with Gasteiger partial charge in [0.25, 0.3) is 15.9 Å². The average molecular weight is 473 g/mol. The van der Waals surface area contributed by atoms with Gasteiger partial charge in [0, 0.05) is 12.6 Å². The standard InChI is InChI=1S/C24H28N2O4S2/c1-24(2,3)19-9-13-21(14-10-19)30-16-15-25-23(27)18-7-11-20(12-8-18)26(4)32(28,29)22-6-5-17-31-22/h5-14,17H,15-16H2,1-4H3,(H,25,27). The van der Waals surface area contributed by atoms with Crippen molar-refractivity contribution >= 4 is 33.0 Å². The van der Waals surface area contributed by atoms with Crippen molar-refractivity contribution < 1.29 is 17.9 Å². The van der Waals surface area contributed by atoms with Crippen molar-refractivity contribution in [3.63, 3.8) is 0 Å². The van der Waals surface area contributed by atoms with E-state index in [1.165, 1.54) is 28.3 Å². The number of ether oxygens (including phenoxy) is 1. The zero-order valence-corrected chi connectivity index (χ0v) is 20.3. The lowest BCUT2D eigenvalue weighted by Crippen LogP contribution is -2.28. The zero-order valence-electron chi connectivity index (χ0n) is 18.7. The molecule has 0 saturated carbocycles. The van der Waals surface area contributed by atoms with Crippen molar-refractivity contribution in [2.75, 3.05) is 24.5 Å². The van der Waals surface area contributed by atoms with Crippen LogP contribution >= 0.6 is 11.3 Å². The number of nitrogens with one attached hydrogen (secondary N) is 1. The minimum absolute atomic E-state index is 0.0883. The summed E-state index contributed by atoms with van der Waals surface area (Å²) >= 11 is 1.17. The van der Waals surface area contributed by atoms with E-state index in [9.17, 15) is 13.2 Å². The number of hydrogen-bond acceptors (Lipinski definition) is 5. The van der Waals surface area contributed by atoms with Gasteiger partial charge in [-0.2, -0.15) is 0 Å². The lowest BCUT2D eigenvalue weighted by Gasteiger charge is -2.19. The molecule has 0 aliphatic rings. The molecule has 2 aromatic carbocycles. The fourth-order valence-corrected chi connectivity index (χ4v) is 5.35. The Bertz CT molecular complexity index is 1130. The molecule has 3 rings (SSSR count). The molecule has 0 atom stereocenters. The second-order valence-corrected chi connectivity index (χ2v) is 11.5. The molecule has 0 radical (unpaired) electrons. The maximum absolute atomic E-state index is 12.6. The van der Waals surface area contributed by atoms with Crippen LogP contribution in [0, 0.1) is 0 Å². The second-order valence-electron chi connectivity index (χ2n) is 8.33. The van der Waals surface area contributed by atoms with Crippen molar-refractivity contribution in [3.8, 4) is 5.75 Å². The molecule has 1 amide bonds.